The van der Waals surface area contributed by atoms with Gasteiger partial charge >= 0.3 is 0 Å². The van der Waals surface area contributed by atoms with Crippen LogP contribution in [0, 0.1) is 0 Å². The first-order valence-electron chi connectivity index (χ1n) is 6.67. The van der Waals surface area contributed by atoms with Gasteiger partial charge in [-0.1, -0.05) is 17.7 Å². The van der Waals surface area contributed by atoms with E-state index >= 15 is 0 Å². The summed E-state index contributed by atoms with van der Waals surface area (Å²) in [6, 6.07) is 0. The Kier molecular flexibility index (Phi) is 7.19. The molecule has 0 fully saturated rings. The number of aliphatic imine (C=N–C) groups is 1. The van der Waals surface area contributed by atoms with Crippen LogP contribution in [0.2, 0.25) is 0 Å². The standard InChI is InChI=1S/C14H25N3/c1-3-11-16-14(15-4-2)17-12-10-13-8-6-5-7-9-13/h3,8H,1,4-7,9-12H2,2H3,(H2,15,16,17). The molecule has 1 aliphatic rings. The number of allylic oxidation sites excluding steroid dienone is 1. The van der Waals surface area contributed by atoms with Gasteiger partial charge in [-0.25, -0.2) is 0 Å². The molecule has 1 rings (SSSR count). The molecular weight excluding hydrogens is 210 g/mol. The van der Waals surface area contributed by atoms with Crippen molar-refractivity contribution in [1.82, 2.24) is 10.6 Å². The highest BCUT2D eigenvalue weighted by Crippen LogP contribution is 2.19. The van der Waals surface area contributed by atoms with Crippen LogP contribution in [0.3, 0.4) is 0 Å². The monoisotopic (exact) mass is 235 g/mol. The molecular formula is C14H25N3. The average Bonchev–Trinajstić information content (AvgIpc) is 2.37. The van der Waals surface area contributed by atoms with Gasteiger partial charge in [-0.2, -0.15) is 0 Å². The molecule has 2 N–H and O–H groups in total. The molecule has 0 aromatic carbocycles. The fourth-order valence-corrected chi connectivity index (χ4v) is 1.95. The second-order valence-corrected chi connectivity index (χ2v) is 4.29. The first-order chi connectivity index (χ1) is 8.36. The maximum atomic E-state index is 4.55. The quantitative estimate of drug-likeness (QED) is 0.422. The van der Waals surface area contributed by atoms with Crippen molar-refractivity contribution in [2.24, 2.45) is 4.99 Å². The van der Waals surface area contributed by atoms with E-state index < -0.39 is 0 Å². The molecule has 3 nitrogen and oxygen atoms in total. The number of rotatable bonds is 6. The van der Waals surface area contributed by atoms with Crippen LogP contribution < -0.4 is 10.6 Å². The van der Waals surface area contributed by atoms with Gasteiger partial charge < -0.3 is 10.6 Å². The van der Waals surface area contributed by atoms with Gasteiger partial charge in [0, 0.05) is 19.6 Å². The first-order valence-corrected chi connectivity index (χ1v) is 6.67. The summed E-state index contributed by atoms with van der Waals surface area (Å²) in [6.07, 6.45) is 10.6. The minimum Gasteiger partial charge on any atom is -0.357 e. The zero-order valence-corrected chi connectivity index (χ0v) is 11.0. The van der Waals surface area contributed by atoms with Crippen molar-refractivity contribution >= 4 is 5.96 Å². The smallest absolute Gasteiger partial charge is 0.191 e. The summed E-state index contributed by atoms with van der Waals surface area (Å²) >= 11 is 0. The van der Waals surface area contributed by atoms with E-state index in [9.17, 15) is 0 Å². The first kappa shape index (κ1) is 13.8. The van der Waals surface area contributed by atoms with Crippen molar-refractivity contribution in [2.75, 3.05) is 19.6 Å². The minimum absolute atomic E-state index is 0.758. The lowest BCUT2D eigenvalue weighted by Crippen LogP contribution is -2.37. The third kappa shape index (κ3) is 6.15. The van der Waals surface area contributed by atoms with E-state index in [1.165, 1.54) is 25.7 Å². The molecule has 0 amide bonds. The zero-order valence-electron chi connectivity index (χ0n) is 11.0. The third-order valence-electron chi connectivity index (χ3n) is 2.85. The molecule has 0 aromatic rings. The molecule has 0 heterocycles. The van der Waals surface area contributed by atoms with Crippen LogP contribution in [0.4, 0.5) is 0 Å². The predicted molar refractivity (Wildman–Crippen MR) is 75.3 cm³/mol. The van der Waals surface area contributed by atoms with Crippen LogP contribution in [0.5, 0.6) is 0 Å². The Balaban J connectivity index is 2.31. The molecule has 0 atom stereocenters. The highest BCUT2D eigenvalue weighted by Gasteiger charge is 2.03. The number of hydrogen-bond donors (Lipinski definition) is 2. The lowest BCUT2D eigenvalue weighted by molar-refractivity contribution is 0.675. The summed E-state index contributed by atoms with van der Waals surface area (Å²) in [7, 11) is 0. The van der Waals surface area contributed by atoms with Crippen LogP contribution in [0.1, 0.15) is 39.0 Å². The lowest BCUT2D eigenvalue weighted by Gasteiger charge is -2.12. The minimum atomic E-state index is 0.758. The molecule has 0 unspecified atom stereocenters. The average molecular weight is 235 g/mol. The van der Waals surface area contributed by atoms with Crippen molar-refractivity contribution in [3.63, 3.8) is 0 Å². The highest BCUT2D eigenvalue weighted by atomic mass is 15.2. The number of nitrogens with zero attached hydrogens (tertiary/aromatic N) is 1. The van der Waals surface area contributed by atoms with Gasteiger partial charge in [-0.05, 0) is 39.0 Å². The van der Waals surface area contributed by atoms with Gasteiger partial charge in [-0.15, -0.1) is 6.58 Å². The Morgan fingerprint density at radius 3 is 3.00 bits per heavy atom. The SMILES string of the molecule is C=CCNC(=NCCC1=CCCCC1)NCC. The van der Waals surface area contributed by atoms with E-state index in [0.717, 1.165) is 32.0 Å². The second-order valence-electron chi connectivity index (χ2n) is 4.29. The van der Waals surface area contributed by atoms with E-state index in [-0.39, 0.29) is 0 Å². The van der Waals surface area contributed by atoms with Crippen molar-refractivity contribution in [3.05, 3.63) is 24.3 Å². The summed E-state index contributed by atoms with van der Waals surface area (Å²) < 4.78 is 0. The largest absolute Gasteiger partial charge is 0.357 e. The zero-order chi connectivity index (χ0) is 12.3. The molecule has 0 spiro atoms. The molecule has 0 radical (unpaired) electrons. The maximum absolute atomic E-state index is 4.55. The van der Waals surface area contributed by atoms with Gasteiger partial charge in [0.05, 0.1) is 0 Å². The lowest BCUT2D eigenvalue weighted by atomic mass is 9.97. The number of nitrogens with one attached hydrogen (secondary N) is 2. The molecule has 0 bridgehead atoms. The van der Waals surface area contributed by atoms with E-state index in [1.807, 2.05) is 6.08 Å². The number of guanidine groups is 1. The third-order valence-corrected chi connectivity index (χ3v) is 2.85. The van der Waals surface area contributed by atoms with Crippen molar-refractivity contribution in [1.29, 1.82) is 0 Å². The van der Waals surface area contributed by atoms with Crippen LogP contribution in [0.15, 0.2) is 29.3 Å². The van der Waals surface area contributed by atoms with E-state index in [4.69, 9.17) is 0 Å². The van der Waals surface area contributed by atoms with E-state index in [2.05, 4.69) is 35.2 Å². The normalized spacial score (nSPS) is 16.3. The van der Waals surface area contributed by atoms with Gasteiger partial charge in [-0.3, -0.25) is 4.99 Å². The summed E-state index contributed by atoms with van der Waals surface area (Å²) in [4.78, 5) is 4.55. The van der Waals surface area contributed by atoms with E-state index in [1.54, 1.807) is 5.57 Å². The molecule has 0 saturated carbocycles. The molecule has 0 aromatic heterocycles. The molecule has 0 saturated heterocycles. The van der Waals surface area contributed by atoms with Crippen LogP contribution >= 0.6 is 0 Å². The van der Waals surface area contributed by atoms with Crippen molar-refractivity contribution < 1.29 is 0 Å². The van der Waals surface area contributed by atoms with Crippen LogP contribution in [0.25, 0.3) is 0 Å². The second kappa shape index (κ2) is 8.85. The Labute approximate surface area is 105 Å². The van der Waals surface area contributed by atoms with Gasteiger partial charge in [0.25, 0.3) is 0 Å². The van der Waals surface area contributed by atoms with Crippen LogP contribution in [-0.4, -0.2) is 25.6 Å². The maximum Gasteiger partial charge on any atom is 0.191 e. The Bertz CT molecular complexity index is 279. The summed E-state index contributed by atoms with van der Waals surface area (Å²) in [5, 5.41) is 6.44. The fourth-order valence-electron chi connectivity index (χ4n) is 1.95. The topological polar surface area (TPSA) is 36.4 Å². The molecule has 0 aliphatic heterocycles. The Hall–Kier alpha value is -1.25. The van der Waals surface area contributed by atoms with Crippen LogP contribution in [-0.2, 0) is 0 Å². The van der Waals surface area contributed by atoms with E-state index in [0.29, 0.717) is 0 Å². The highest BCUT2D eigenvalue weighted by molar-refractivity contribution is 5.79. The summed E-state index contributed by atoms with van der Waals surface area (Å²) in [6.45, 7) is 8.30. The summed E-state index contributed by atoms with van der Waals surface area (Å²) in [5.74, 6) is 0.892. The molecule has 96 valence electrons. The van der Waals surface area contributed by atoms with Gasteiger partial charge in [0.1, 0.15) is 0 Å². The summed E-state index contributed by atoms with van der Waals surface area (Å²) in [5.41, 5.74) is 1.58. The Morgan fingerprint density at radius 2 is 2.35 bits per heavy atom. The van der Waals surface area contributed by atoms with Gasteiger partial charge in [0.15, 0.2) is 5.96 Å². The van der Waals surface area contributed by atoms with Crippen molar-refractivity contribution in [2.45, 2.75) is 39.0 Å². The molecule has 17 heavy (non-hydrogen) atoms. The molecule has 3 heteroatoms. The number of hydrogen-bond acceptors (Lipinski definition) is 1. The molecule has 1 aliphatic carbocycles. The Morgan fingerprint density at radius 1 is 1.47 bits per heavy atom. The van der Waals surface area contributed by atoms with Crippen molar-refractivity contribution in [3.8, 4) is 0 Å². The fraction of sp³-hybridized carbons (Fsp3) is 0.643. The van der Waals surface area contributed by atoms with Gasteiger partial charge in [0.2, 0.25) is 0 Å². The predicted octanol–water partition coefficient (Wildman–Crippen LogP) is 2.62.